The van der Waals surface area contributed by atoms with Gasteiger partial charge in [0.1, 0.15) is 17.1 Å². The second kappa shape index (κ2) is 5.65. The first kappa shape index (κ1) is 15.7. The predicted molar refractivity (Wildman–Crippen MR) is 88.0 cm³/mol. The van der Waals surface area contributed by atoms with Gasteiger partial charge in [0.15, 0.2) is 11.5 Å². The van der Waals surface area contributed by atoms with E-state index in [1.807, 2.05) is 19.1 Å². The van der Waals surface area contributed by atoms with Crippen LogP contribution in [0.2, 0.25) is 0 Å². The number of carbonyl (C=O) groups is 2. The van der Waals surface area contributed by atoms with Crippen molar-refractivity contribution in [2.45, 2.75) is 25.4 Å². The molecule has 0 radical (unpaired) electrons. The maximum atomic E-state index is 12.7. The summed E-state index contributed by atoms with van der Waals surface area (Å²) in [5.74, 6) is 1.33. The molecule has 0 bridgehead atoms. The maximum Gasteiger partial charge on any atom is 0.410 e. The Hall–Kier alpha value is -2.77. The Balaban J connectivity index is 1.43. The van der Waals surface area contributed by atoms with Gasteiger partial charge in [-0.2, -0.15) is 5.10 Å². The number of hydrogen-bond acceptors (Lipinski definition) is 5. The van der Waals surface area contributed by atoms with Crippen molar-refractivity contribution in [3.8, 4) is 11.5 Å². The highest BCUT2D eigenvalue weighted by Crippen LogP contribution is 2.33. The van der Waals surface area contributed by atoms with Gasteiger partial charge in [-0.15, -0.1) is 0 Å². The van der Waals surface area contributed by atoms with E-state index in [1.54, 1.807) is 22.9 Å². The minimum Gasteiger partial charge on any atom is -0.460 e. The van der Waals surface area contributed by atoms with Gasteiger partial charge in [0.05, 0.1) is 6.54 Å². The second-order valence-electron chi connectivity index (χ2n) is 6.78. The third-order valence-corrected chi connectivity index (χ3v) is 4.91. The average molecular weight is 344 g/mol. The lowest BCUT2D eigenvalue weighted by molar-refractivity contribution is 0.00300. The average Bonchev–Trinajstić information content (AvgIpc) is 3.28. The van der Waals surface area contributed by atoms with Crippen LogP contribution >= 0.6 is 0 Å². The SMILES string of the molecule is Cc1ccc(-c2cc(C(=O)N3CCC4(CC3)CN(C)C(=O)O4)n[nH]2)o1. The molecule has 4 heterocycles. The Morgan fingerprint density at radius 1 is 1.32 bits per heavy atom. The zero-order valence-corrected chi connectivity index (χ0v) is 14.2. The van der Waals surface area contributed by atoms with Crippen LogP contribution in [0.4, 0.5) is 4.79 Å². The Bertz CT molecular complexity index is 816. The number of H-pyrrole nitrogens is 1. The summed E-state index contributed by atoms with van der Waals surface area (Å²) in [6.07, 6.45) is 0.998. The third kappa shape index (κ3) is 2.77. The van der Waals surface area contributed by atoms with Crippen molar-refractivity contribution in [3.63, 3.8) is 0 Å². The molecule has 2 aromatic rings. The van der Waals surface area contributed by atoms with Gasteiger partial charge in [-0.25, -0.2) is 4.79 Å². The van der Waals surface area contributed by atoms with E-state index in [0.717, 1.165) is 5.76 Å². The molecule has 8 nitrogen and oxygen atoms in total. The zero-order valence-electron chi connectivity index (χ0n) is 14.2. The summed E-state index contributed by atoms with van der Waals surface area (Å²) in [6.45, 7) is 3.53. The van der Waals surface area contributed by atoms with E-state index in [0.29, 0.717) is 49.6 Å². The van der Waals surface area contributed by atoms with Crippen LogP contribution < -0.4 is 0 Å². The molecule has 2 amide bonds. The van der Waals surface area contributed by atoms with Crippen LogP contribution in [-0.2, 0) is 4.74 Å². The van der Waals surface area contributed by atoms with Gasteiger partial charge < -0.3 is 19.0 Å². The molecule has 2 saturated heterocycles. The van der Waals surface area contributed by atoms with E-state index in [-0.39, 0.29) is 12.0 Å². The standard InChI is InChI=1S/C17H20N4O4/c1-11-3-4-14(24-11)12-9-13(19-18-12)15(22)21-7-5-17(6-8-21)10-20(2)16(23)25-17/h3-4,9H,5-8,10H2,1-2H3,(H,18,19). The number of likely N-dealkylation sites (N-methyl/N-ethyl adjacent to an activating group) is 1. The van der Waals surface area contributed by atoms with E-state index in [1.165, 1.54) is 0 Å². The number of aryl methyl sites for hydroxylation is 1. The molecule has 8 heteroatoms. The summed E-state index contributed by atoms with van der Waals surface area (Å²) in [7, 11) is 1.73. The largest absolute Gasteiger partial charge is 0.460 e. The molecule has 1 spiro atoms. The molecule has 0 aromatic carbocycles. The maximum absolute atomic E-state index is 12.7. The normalized spacial score (nSPS) is 19.5. The number of likely N-dealkylation sites (tertiary alicyclic amines) is 1. The summed E-state index contributed by atoms with van der Waals surface area (Å²) in [6, 6.07) is 5.41. The Kier molecular flexibility index (Phi) is 3.55. The van der Waals surface area contributed by atoms with Crippen LogP contribution in [0.5, 0.6) is 0 Å². The number of piperidine rings is 1. The highest BCUT2D eigenvalue weighted by atomic mass is 16.6. The molecule has 0 unspecified atom stereocenters. The number of ether oxygens (including phenoxy) is 1. The molecule has 25 heavy (non-hydrogen) atoms. The Morgan fingerprint density at radius 2 is 2.08 bits per heavy atom. The lowest BCUT2D eigenvalue weighted by atomic mass is 9.91. The molecule has 0 atom stereocenters. The van der Waals surface area contributed by atoms with Crippen LogP contribution in [0.3, 0.4) is 0 Å². The van der Waals surface area contributed by atoms with Crippen molar-refractivity contribution < 1.29 is 18.7 Å². The van der Waals surface area contributed by atoms with E-state index in [4.69, 9.17) is 9.15 Å². The van der Waals surface area contributed by atoms with Crippen LogP contribution in [0.1, 0.15) is 29.1 Å². The number of amides is 2. The summed E-state index contributed by atoms with van der Waals surface area (Å²) in [5.41, 5.74) is 0.585. The van der Waals surface area contributed by atoms with Crippen molar-refractivity contribution in [2.24, 2.45) is 0 Å². The van der Waals surface area contributed by atoms with E-state index < -0.39 is 5.60 Å². The zero-order chi connectivity index (χ0) is 17.6. The van der Waals surface area contributed by atoms with Gasteiger partial charge in [-0.3, -0.25) is 9.89 Å². The number of nitrogens with zero attached hydrogens (tertiary/aromatic N) is 3. The summed E-state index contributed by atoms with van der Waals surface area (Å²) < 4.78 is 11.1. The number of aromatic nitrogens is 2. The lowest BCUT2D eigenvalue weighted by Crippen LogP contribution is -2.48. The van der Waals surface area contributed by atoms with Gasteiger partial charge >= 0.3 is 6.09 Å². The number of rotatable bonds is 2. The minimum atomic E-state index is -0.453. The number of carbonyl (C=O) groups excluding carboxylic acids is 2. The summed E-state index contributed by atoms with van der Waals surface area (Å²) in [4.78, 5) is 27.6. The van der Waals surface area contributed by atoms with Crippen LogP contribution in [-0.4, -0.2) is 64.3 Å². The third-order valence-electron chi connectivity index (χ3n) is 4.91. The molecule has 2 aliphatic rings. The van der Waals surface area contributed by atoms with Crippen LogP contribution in [0, 0.1) is 6.92 Å². The van der Waals surface area contributed by atoms with Crippen LogP contribution in [0.25, 0.3) is 11.5 Å². The van der Waals surface area contributed by atoms with E-state index in [9.17, 15) is 9.59 Å². The monoisotopic (exact) mass is 344 g/mol. The first-order valence-corrected chi connectivity index (χ1v) is 8.31. The van der Waals surface area contributed by atoms with Gasteiger partial charge in [0, 0.05) is 39.0 Å². The first-order valence-electron chi connectivity index (χ1n) is 8.31. The molecule has 2 fully saturated rings. The highest BCUT2D eigenvalue weighted by Gasteiger charge is 2.46. The van der Waals surface area contributed by atoms with Crippen molar-refractivity contribution in [3.05, 3.63) is 29.7 Å². The van der Waals surface area contributed by atoms with Crippen molar-refractivity contribution >= 4 is 12.0 Å². The Morgan fingerprint density at radius 3 is 2.68 bits per heavy atom. The van der Waals surface area contributed by atoms with Crippen molar-refractivity contribution in [2.75, 3.05) is 26.7 Å². The summed E-state index contributed by atoms with van der Waals surface area (Å²) in [5, 5.41) is 6.97. The molecule has 0 saturated carbocycles. The number of nitrogens with one attached hydrogen (secondary N) is 1. The second-order valence-corrected chi connectivity index (χ2v) is 6.78. The number of aromatic amines is 1. The molecule has 2 aliphatic heterocycles. The number of hydrogen-bond donors (Lipinski definition) is 1. The quantitative estimate of drug-likeness (QED) is 0.900. The smallest absolute Gasteiger partial charge is 0.410 e. The van der Waals surface area contributed by atoms with Gasteiger partial charge in [-0.05, 0) is 19.1 Å². The topological polar surface area (TPSA) is 91.7 Å². The Labute approximate surface area is 144 Å². The fraction of sp³-hybridized carbons (Fsp3) is 0.471. The molecule has 0 aliphatic carbocycles. The molecule has 132 valence electrons. The number of furan rings is 1. The highest BCUT2D eigenvalue weighted by molar-refractivity contribution is 5.93. The molecule has 4 rings (SSSR count). The first-order chi connectivity index (χ1) is 12.0. The fourth-order valence-corrected chi connectivity index (χ4v) is 3.47. The fourth-order valence-electron chi connectivity index (χ4n) is 3.47. The minimum absolute atomic E-state index is 0.127. The van der Waals surface area contributed by atoms with Crippen molar-refractivity contribution in [1.29, 1.82) is 0 Å². The van der Waals surface area contributed by atoms with E-state index >= 15 is 0 Å². The molecular formula is C17H20N4O4. The van der Waals surface area contributed by atoms with Gasteiger partial charge in [0.2, 0.25) is 0 Å². The van der Waals surface area contributed by atoms with E-state index in [2.05, 4.69) is 10.2 Å². The predicted octanol–water partition coefficient (Wildman–Crippen LogP) is 2.03. The lowest BCUT2D eigenvalue weighted by Gasteiger charge is -2.37. The van der Waals surface area contributed by atoms with Gasteiger partial charge in [-0.1, -0.05) is 0 Å². The molecular weight excluding hydrogens is 324 g/mol. The molecule has 1 N–H and O–H groups in total. The summed E-state index contributed by atoms with van der Waals surface area (Å²) >= 11 is 0. The van der Waals surface area contributed by atoms with Crippen molar-refractivity contribution in [1.82, 2.24) is 20.0 Å². The van der Waals surface area contributed by atoms with Gasteiger partial charge in [0.25, 0.3) is 5.91 Å². The molecule has 2 aromatic heterocycles. The van der Waals surface area contributed by atoms with Crippen LogP contribution in [0.15, 0.2) is 22.6 Å².